The second-order valence-electron chi connectivity index (χ2n) is 9.13. The Balaban J connectivity index is 1.51. The van der Waals surface area contributed by atoms with E-state index >= 15 is 0 Å². The molecule has 2 heterocycles. The number of nitrogens with one attached hydrogen (secondary N) is 2. The highest BCUT2D eigenvalue weighted by Gasteiger charge is 2.24. The number of nitrogens with zero attached hydrogens (tertiary/aromatic N) is 2. The van der Waals surface area contributed by atoms with Crippen molar-refractivity contribution in [2.24, 2.45) is 11.0 Å². The Morgan fingerprint density at radius 3 is 2.57 bits per heavy atom. The van der Waals surface area contributed by atoms with Crippen LogP contribution in [0.1, 0.15) is 35.5 Å². The molecular weight excluding hydrogens is 527 g/mol. The summed E-state index contributed by atoms with van der Waals surface area (Å²) in [6.45, 7) is 6.40. The van der Waals surface area contributed by atoms with E-state index in [0.29, 0.717) is 16.6 Å². The van der Waals surface area contributed by atoms with Gasteiger partial charge in [-0.05, 0) is 48.1 Å². The number of thiophene rings is 1. The molecule has 2 aromatic carbocycles. The predicted octanol–water partition coefficient (Wildman–Crippen LogP) is 6.20. The highest BCUT2D eigenvalue weighted by molar-refractivity contribution is 7.10. The second-order valence-corrected chi connectivity index (χ2v) is 11.0. The number of aromatic nitrogens is 1. The second kappa shape index (κ2) is 11.9. The molecule has 0 spiro atoms. The fourth-order valence-corrected chi connectivity index (χ4v) is 5.23. The van der Waals surface area contributed by atoms with Crippen molar-refractivity contribution >= 4 is 63.5 Å². The molecule has 6 nitrogen and oxygen atoms in total. The molecule has 2 aromatic heterocycles. The van der Waals surface area contributed by atoms with Gasteiger partial charge in [0.2, 0.25) is 5.91 Å². The molecule has 4 rings (SSSR count). The minimum absolute atomic E-state index is 0.0997. The molecule has 4 aromatic rings. The van der Waals surface area contributed by atoms with E-state index in [2.05, 4.69) is 20.4 Å². The SMILES string of the molecule is Cc1c(/C=N/NC(=O)[C@H](NC(=O)Cc2cccs2)C(C)C)c2ccccc2n1Cc1ccc(Cl)c(Cl)c1. The lowest BCUT2D eigenvalue weighted by atomic mass is 10.0. The van der Waals surface area contributed by atoms with Crippen molar-refractivity contribution in [3.63, 3.8) is 0 Å². The Morgan fingerprint density at radius 1 is 1.08 bits per heavy atom. The van der Waals surface area contributed by atoms with Crippen LogP contribution < -0.4 is 10.7 Å². The number of amides is 2. The van der Waals surface area contributed by atoms with E-state index in [1.165, 1.54) is 11.3 Å². The zero-order valence-electron chi connectivity index (χ0n) is 20.8. The number of hydrogen-bond donors (Lipinski definition) is 2. The maximum atomic E-state index is 12.9. The van der Waals surface area contributed by atoms with Crippen molar-refractivity contribution in [3.8, 4) is 0 Å². The van der Waals surface area contributed by atoms with Crippen molar-refractivity contribution in [2.45, 2.75) is 39.8 Å². The first-order valence-electron chi connectivity index (χ1n) is 11.9. The number of rotatable bonds is 9. The van der Waals surface area contributed by atoms with E-state index in [1.807, 2.05) is 74.7 Å². The molecule has 192 valence electrons. The van der Waals surface area contributed by atoms with Gasteiger partial charge in [0.1, 0.15) is 6.04 Å². The molecule has 9 heteroatoms. The average molecular weight is 556 g/mol. The van der Waals surface area contributed by atoms with E-state index < -0.39 is 6.04 Å². The molecule has 0 aliphatic carbocycles. The monoisotopic (exact) mass is 554 g/mol. The fraction of sp³-hybridized carbons (Fsp3) is 0.250. The number of carbonyl (C=O) groups is 2. The number of fused-ring (bicyclic) bond motifs is 1. The minimum Gasteiger partial charge on any atom is -0.344 e. The summed E-state index contributed by atoms with van der Waals surface area (Å²) >= 11 is 13.8. The third-order valence-electron chi connectivity index (χ3n) is 6.15. The Bertz CT molecular complexity index is 1440. The number of para-hydroxylation sites is 1. The van der Waals surface area contributed by atoms with Crippen LogP contribution in [-0.4, -0.2) is 28.6 Å². The minimum atomic E-state index is -0.693. The summed E-state index contributed by atoms with van der Waals surface area (Å²) in [6.07, 6.45) is 1.90. The van der Waals surface area contributed by atoms with Gasteiger partial charge in [-0.1, -0.05) is 67.4 Å². The van der Waals surface area contributed by atoms with Gasteiger partial charge in [0.25, 0.3) is 5.91 Å². The van der Waals surface area contributed by atoms with Crippen molar-refractivity contribution < 1.29 is 9.59 Å². The van der Waals surface area contributed by atoms with Gasteiger partial charge in [-0.15, -0.1) is 11.3 Å². The maximum absolute atomic E-state index is 12.9. The van der Waals surface area contributed by atoms with Gasteiger partial charge in [-0.2, -0.15) is 5.10 Å². The van der Waals surface area contributed by atoms with Crippen molar-refractivity contribution in [1.82, 2.24) is 15.3 Å². The standard InChI is InChI=1S/C28H28Cl2N4O2S/c1-17(2)27(32-26(35)14-20-7-6-12-37-20)28(36)33-31-15-22-18(3)34(25-9-5-4-8-21(22)25)16-19-10-11-23(29)24(30)13-19/h4-13,15,17,27H,14,16H2,1-3H3,(H,32,35)(H,33,36)/b31-15+/t27-/m1/s1. The van der Waals surface area contributed by atoms with Crippen LogP contribution in [0.5, 0.6) is 0 Å². The Morgan fingerprint density at radius 2 is 1.86 bits per heavy atom. The van der Waals surface area contributed by atoms with Gasteiger partial charge in [-0.25, -0.2) is 5.43 Å². The first-order chi connectivity index (χ1) is 17.7. The first-order valence-corrected chi connectivity index (χ1v) is 13.5. The fourth-order valence-electron chi connectivity index (χ4n) is 4.21. The van der Waals surface area contributed by atoms with E-state index in [9.17, 15) is 9.59 Å². The van der Waals surface area contributed by atoms with E-state index in [0.717, 1.165) is 32.6 Å². The van der Waals surface area contributed by atoms with Gasteiger partial charge in [0.15, 0.2) is 0 Å². The van der Waals surface area contributed by atoms with Crippen molar-refractivity contribution in [2.75, 3.05) is 0 Å². The van der Waals surface area contributed by atoms with Crippen LogP contribution in [-0.2, 0) is 22.6 Å². The zero-order chi connectivity index (χ0) is 26.5. The van der Waals surface area contributed by atoms with Crippen LogP contribution in [0.3, 0.4) is 0 Å². The molecule has 0 unspecified atom stereocenters. The number of carbonyl (C=O) groups excluding carboxylic acids is 2. The van der Waals surface area contributed by atoms with Gasteiger partial charge in [-0.3, -0.25) is 9.59 Å². The molecule has 2 amide bonds. The molecule has 0 aliphatic rings. The summed E-state index contributed by atoms with van der Waals surface area (Å²) in [5, 5.41) is 11.1. The lowest BCUT2D eigenvalue weighted by Gasteiger charge is -2.20. The summed E-state index contributed by atoms with van der Waals surface area (Å²) < 4.78 is 2.18. The molecule has 0 saturated carbocycles. The number of halogens is 2. The normalized spacial score (nSPS) is 12.4. The van der Waals surface area contributed by atoms with Gasteiger partial charge < -0.3 is 9.88 Å². The van der Waals surface area contributed by atoms with Crippen LogP contribution in [0, 0.1) is 12.8 Å². The molecule has 0 bridgehead atoms. The van der Waals surface area contributed by atoms with Crippen LogP contribution in [0.2, 0.25) is 10.0 Å². The van der Waals surface area contributed by atoms with Gasteiger partial charge in [0.05, 0.1) is 22.7 Å². The molecule has 37 heavy (non-hydrogen) atoms. The summed E-state index contributed by atoms with van der Waals surface area (Å²) in [6, 6.07) is 16.8. The third kappa shape index (κ3) is 6.42. The summed E-state index contributed by atoms with van der Waals surface area (Å²) in [7, 11) is 0. The smallest absolute Gasteiger partial charge is 0.262 e. The molecule has 1 atom stereocenters. The highest BCUT2D eigenvalue weighted by atomic mass is 35.5. The quantitative estimate of drug-likeness (QED) is 0.191. The molecule has 0 fully saturated rings. The predicted molar refractivity (Wildman–Crippen MR) is 153 cm³/mol. The van der Waals surface area contributed by atoms with Gasteiger partial charge in [0, 0.05) is 33.6 Å². The van der Waals surface area contributed by atoms with E-state index in [-0.39, 0.29) is 24.2 Å². The summed E-state index contributed by atoms with van der Waals surface area (Å²) in [5.41, 5.74) is 6.58. The molecular formula is C28H28Cl2N4O2S. The first kappa shape index (κ1) is 26.9. The lowest BCUT2D eigenvalue weighted by molar-refractivity contribution is -0.129. The van der Waals surface area contributed by atoms with Crippen molar-refractivity contribution in [1.29, 1.82) is 0 Å². The molecule has 2 N–H and O–H groups in total. The van der Waals surface area contributed by atoms with E-state index in [1.54, 1.807) is 12.3 Å². The lowest BCUT2D eigenvalue weighted by Crippen LogP contribution is -2.49. The molecule has 0 radical (unpaired) electrons. The maximum Gasteiger partial charge on any atom is 0.262 e. The largest absolute Gasteiger partial charge is 0.344 e. The Kier molecular flexibility index (Phi) is 8.69. The van der Waals surface area contributed by atoms with Gasteiger partial charge >= 0.3 is 0 Å². The zero-order valence-corrected chi connectivity index (χ0v) is 23.1. The Labute approximate surface area is 230 Å². The van der Waals surface area contributed by atoms with Crippen LogP contribution in [0.25, 0.3) is 10.9 Å². The number of hydrogen-bond acceptors (Lipinski definition) is 4. The van der Waals surface area contributed by atoms with Crippen molar-refractivity contribution in [3.05, 3.63) is 91.7 Å². The van der Waals surface area contributed by atoms with Crippen LogP contribution >= 0.6 is 34.5 Å². The molecule has 0 aliphatic heterocycles. The topological polar surface area (TPSA) is 75.5 Å². The number of hydrazone groups is 1. The summed E-state index contributed by atoms with van der Waals surface area (Å²) in [4.78, 5) is 26.3. The molecule has 0 saturated heterocycles. The summed E-state index contributed by atoms with van der Waals surface area (Å²) in [5.74, 6) is -0.651. The highest BCUT2D eigenvalue weighted by Crippen LogP contribution is 2.28. The third-order valence-corrected chi connectivity index (χ3v) is 7.77. The van der Waals surface area contributed by atoms with Crippen LogP contribution in [0.15, 0.2) is 65.1 Å². The average Bonchev–Trinajstić information content (AvgIpc) is 3.46. The van der Waals surface area contributed by atoms with Crippen LogP contribution in [0.4, 0.5) is 0 Å². The van der Waals surface area contributed by atoms with E-state index in [4.69, 9.17) is 23.2 Å². The Hall–Kier alpha value is -3.13. The number of benzene rings is 2.